The molecular weight excluding hydrogens is 354 g/mol. The van der Waals surface area contributed by atoms with Crippen LogP contribution in [0.15, 0.2) is 24.3 Å². The van der Waals surface area contributed by atoms with Gasteiger partial charge in [0.25, 0.3) is 0 Å². The van der Waals surface area contributed by atoms with Crippen molar-refractivity contribution in [1.29, 1.82) is 0 Å². The Morgan fingerprint density at radius 2 is 1.96 bits per heavy atom. The van der Waals surface area contributed by atoms with E-state index < -0.39 is 0 Å². The molecule has 0 unspecified atom stereocenters. The van der Waals surface area contributed by atoms with Crippen LogP contribution in [-0.4, -0.2) is 61.6 Å². The molecule has 1 saturated carbocycles. The van der Waals surface area contributed by atoms with E-state index in [1.807, 2.05) is 4.90 Å². The molecule has 28 heavy (non-hydrogen) atoms. The van der Waals surface area contributed by atoms with Crippen molar-refractivity contribution in [2.75, 3.05) is 39.4 Å². The zero-order valence-corrected chi connectivity index (χ0v) is 16.7. The Morgan fingerprint density at radius 3 is 2.68 bits per heavy atom. The first-order valence-corrected chi connectivity index (χ1v) is 10.5. The van der Waals surface area contributed by atoms with Gasteiger partial charge in [-0.1, -0.05) is 29.8 Å². The van der Waals surface area contributed by atoms with Gasteiger partial charge in [0.2, 0.25) is 11.8 Å². The van der Waals surface area contributed by atoms with Gasteiger partial charge in [0.15, 0.2) is 0 Å². The standard InChI is InChI=1S/C22H31N3O3/c1-16-3-2-4-17(11-16)13-22(5-6-22)24-20(26)18-12-19(15-23-14-18)21(27)25-7-9-28-10-8-25/h2-4,11,18-19,23H,5-10,12-15H2,1H3,(H,24,26)/t18-,19+/m0/s1. The summed E-state index contributed by atoms with van der Waals surface area (Å²) >= 11 is 0. The molecule has 0 bridgehead atoms. The number of aryl methyl sites for hydroxylation is 1. The van der Waals surface area contributed by atoms with Gasteiger partial charge in [-0.2, -0.15) is 0 Å². The zero-order chi connectivity index (χ0) is 19.6. The summed E-state index contributed by atoms with van der Waals surface area (Å²) in [5.74, 6) is -0.000391. The van der Waals surface area contributed by atoms with Crippen LogP contribution in [0.1, 0.15) is 30.4 Å². The highest BCUT2D eigenvalue weighted by Gasteiger charge is 2.45. The molecule has 2 atom stereocenters. The highest BCUT2D eigenvalue weighted by atomic mass is 16.5. The van der Waals surface area contributed by atoms with Gasteiger partial charge in [-0.25, -0.2) is 0 Å². The van der Waals surface area contributed by atoms with Gasteiger partial charge >= 0.3 is 0 Å². The van der Waals surface area contributed by atoms with Gasteiger partial charge in [-0.15, -0.1) is 0 Å². The number of carbonyl (C=O) groups excluding carboxylic acids is 2. The van der Waals surface area contributed by atoms with Crippen LogP contribution in [0, 0.1) is 18.8 Å². The van der Waals surface area contributed by atoms with Crippen LogP contribution in [-0.2, 0) is 20.7 Å². The second-order valence-corrected chi connectivity index (χ2v) is 8.66. The molecule has 4 rings (SSSR count). The van der Waals surface area contributed by atoms with Crippen molar-refractivity contribution in [2.45, 2.75) is 38.1 Å². The Bertz CT molecular complexity index is 725. The summed E-state index contributed by atoms with van der Waals surface area (Å²) in [6.07, 6.45) is 3.58. The van der Waals surface area contributed by atoms with Crippen molar-refractivity contribution in [2.24, 2.45) is 11.8 Å². The molecule has 2 aliphatic heterocycles. The SMILES string of the molecule is Cc1cccc(CC2(NC(=O)[C@@H]3CNC[C@H](C(=O)N4CCOCC4)C3)CC2)c1. The molecule has 0 radical (unpaired) electrons. The zero-order valence-electron chi connectivity index (χ0n) is 16.7. The molecule has 0 spiro atoms. The van der Waals surface area contributed by atoms with E-state index in [1.165, 1.54) is 11.1 Å². The minimum Gasteiger partial charge on any atom is -0.378 e. The highest BCUT2D eigenvalue weighted by Crippen LogP contribution is 2.39. The third-order valence-electron chi connectivity index (χ3n) is 6.26. The third kappa shape index (κ3) is 4.55. The number of morpholine rings is 1. The molecule has 152 valence electrons. The molecule has 1 aliphatic carbocycles. The van der Waals surface area contributed by atoms with E-state index in [0.29, 0.717) is 45.8 Å². The number of benzene rings is 1. The molecular formula is C22H31N3O3. The van der Waals surface area contributed by atoms with Crippen molar-refractivity contribution in [1.82, 2.24) is 15.5 Å². The van der Waals surface area contributed by atoms with E-state index in [-0.39, 0.29) is 29.2 Å². The van der Waals surface area contributed by atoms with Gasteiger partial charge in [0, 0.05) is 31.7 Å². The Kier molecular flexibility index (Phi) is 5.69. The minimum atomic E-state index is -0.140. The number of rotatable bonds is 5. The van der Waals surface area contributed by atoms with Crippen LogP contribution < -0.4 is 10.6 Å². The van der Waals surface area contributed by atoms with Gasteiger partial charge in [-0.05, 0) is 38.2 Å². The quantitative estimate of drug-likeness (QED) is 0.801. The summed E-state index contributed by atoms with van der Waals surface area (Å²) in [6, 6.07) is 8.51. The van der Waals surface area contributed by atoms with E-state index in [4.69, 9.17) is 4.74 Å². The van der Waals surface area contributed by atoms with Crippen molar-refractivity contribution < 1.29 is 14.3 Å². The molecule has 1 aromatic rings. The molecule has 3 fully saturated rings. The summed E-state index contributed by atoms with van der Waals surface area (Å²) in [5, 5.41) is 6.63. The summed E-state index contributed by atoms with van der Waals surface area (Å²) < 4.78 is 5.34. The number of nitrogens with one attached hydrogen (secondary N) is 2. The lowest BCUT2D eigenvalue weighted by Crippen LogP contribution is -2.52. The average Bonchev–Trinajstić information content (AvgIpc) is 3.47. The summed E-state index contributed by atoms with van der Waals surface area (Å²) in [4.78, 5) is 27.6. The lowest BCUT2D eigenvalue weighted by molar-refractivity contribution is -0.141. The Hall–Kier alpha value is -1.92. The predicted octanol–water partition coefficient (Wildman–Crippen LogP) is 1.27. The molecule has 0 aromatic heterocycles. The van der Waals surface area contributed by atoms with E-state index >= 15 is 0 Å². The maximum atomic E-state index is 13.0. The van der Waals surface area contributed by atoms with Crippen LogP contribution in [0.3, 0.4) is 0 Å². The topological polar surface area (TPSA) is 70.7 Å². The first-order chi connectivity index (χ1) is 13.5. The van der Waals surface area contributed by atoms with E-state index in [2.05, 4.69) is 41.8 Å². The monoisotopic (exact) mass is 385 g/mol. The number of carbonyl (C=O) groups is 2. The van der Waals surface area contributed by atoms with E-state index in [1.54, 1.807) is 0 Å². The van der Waals surface area contributed by atoms with Gasteiger partial charge in [0.1, 0.15) is 0 Å². The largest absolute Gasteiger partial charge is 0.378 e. The molecule has 2 heterocycles. The van der Waals surface area contributed by atoms with Crippen LogP contribution in [0.2, 0.25) is 0 Å². The van der Waals surface area contributed by atoms with Crippen molar-refractivity contribution >= 4 is 11.8 Å². The minimum absolute atomic E-state index is 0.0912. The number of amides is 2. The first kappa shape index (κ1) is 19.4. The van der Waals surface area contributed by atoms with E-state index in [0.717, 1.165) is 19.3 Å². The summed E-state index contributed by atoms with van der Waals surface area (Å²) in [7, 11) is 0. The second-order valence-electron chi connectivity index (χ2n) is 8.66. The molecule has 1 aromatic carbocycles. The fraction of sp³-hybridized carbons (Fsp3) is 0.636. The average molecular weight is 386 g/mol. The lowest BCUT2D eigenvalue weighted by atomic mass is 9.88. The maximum Gasteiger partial charge on any atom is 0.227 e. The van der Waals surface area contributed by atoms with Gasteiger partial charge in [0.05, 0.1) is 25.0 Å². The van der Waals surface area contributed by atoms with Crippen molar-refractivity contribution in [3.05, 3.63) is 35.4 Å². The Labute approximate surface area is 167 Å². The lowest BCUT2D eigenvalue weighted by Gasteiger charge is -2.35. The maximum absolute atomic E-state index is 13.0. The molecule has 2 saturated heterocycles. The van der Waals surface area contributed by atoms with Crippen LogP contribution in [0.4, 0.5) is 0 Å². The molecule has 3 aliphatic rings. The fourth-order valence-electron chi connectivity index (χ4n) is 4.44. The summed E-state index contributed by atoms with van der Waals surface area (Å²) in [5.41, 5.74) is 2.44. The van der Waals surface area contributed by atoms with E-state index in [9.17, 15) is 9.59 Å². The smallest absolute Gasteiger partial charge is 0.227 e. The van der Waals surface area contributed by atoms with Crippen molar-refractivity contribution in [3.63, 3.8) is 0 Å². The Morgan fingerprint density at radius 1 is 1.21 bits per heavy atom. The van der Waals surface area contributed by atoms with Crippen molar-refractivity contribution in [3.8, 4) is 0 Å². The van der Waals surface area contributed by atoms with Crippen LogP contribution >= 0.6 is 0 Å². The fourth-order valence-corrected chi connectivity index (χ4v) is 4.44. The highest BCUT2D eigenvalue weighted by molar-refractivity contribution is 5.83. The molecule has 6 nitrogen and oxygen atoms in total. The number of ether oxygens (including phenoxy) is 1. The summed E-state index contributed by atoms with van der Waals surface area (Å²) in [6.45, 7) is 5.95. The number of hydrogen-bond donors (Lipinski definition) is 2. The number of piperidine rings is 1. The third-order valence-corrected chi connectivity index (χ3v) is 6.26. The molecule has 2 N–H and O–H groups in total. The van der Waals surface area contributed by atoms with Gasteiger partial charge in [-0.3, -0.25) is 9.59 Å². The number of nitrogens with zero attached hydrogens (tertiary/aromatic N) is 1. The number of hydrogen-bond acceptors (Lipinski definition) is 4. The molecule has 6 heteroatoms. The normalized spacial score (nSPS) is 26.5. The Balaban J connectivity index is 1.33. The van der Waals surface area contributed by atoms with Crippen LogP contribution in [0.5, 0.6) is 0 Å². The van der Waals surface area contributed by atoms with Crippen LogP contribution in [0.25, 0.3) is 0 Å². The molecule has 2 amide bonds. The second kappa shape index (κ2) is 8.21. The first-order valence-electron chi connectivity index (χ1n) is 10.5. The predicted molar refractivity (Wildman–Crippen MR) is 107 cm³/mol. The van der Waals surface area contributed by atoms with Gasteiger partial charge < -0.3 is 20.3 Å².